The van der Waals surface area contributed by atoms with Crippen LogP contribution in [0.1, 0.15) is 62.8 Å². The van der Waals surface area contributed by atoms with E-state index in [1.165, 1.54) is 11.1 Å². The Morgan fingerprint density at radius 2 is 1.62 bits per heavy atom. The molecule has 0 spiro atoms. The van der Waals surface area contributed by atoms with Crippen LogP contribution in [0.15, 0.2) is 29.2 Å². The smallest absolute Gasteiger partial charge is 0.290 e. The molecule has 5 nitrogen and oxygen atoms in total. The van der Waals surface area contributed by atoms with Crippen LogP contribution in [0.5, 0.6) is 11.5 Å². The summed E-state index contributed by atoms with van der Waals surface area (Å²) >= 11 is 0.829. The zero-order valence-corrected chi connectivity index (χ0v) is 20.2. The highest BCUT2D eigenvalue weighted by atomic mass is 32.2. The maximum atomic E-state index is 12.0. The first-order valence-corrected chi connectivity index (χ1v) is 11.6. The number of methoxy groups -OCH3 is 1. The Balaban J connectivity index is 1.91. The number of phenols is 1. The zero-order valence-electron chi connectivity index (χ0n) is 19.4. The van der Waals surface area contributed by atoms with Gasteiger partial charge in [0.05, 0.1) is 12.0 Å². The van der Waals surface area contributed by atoms with E-state index in [9.17, 15) is 14.7 Å². The van der Waals surface area contributed by atoms with Crippen LogP contribution in [0, 0.1) is 6.92 Å². The van der Waals surface area contributed by atoms with E-state index < -0.39 is 11.1 Å². The number of hydrogen-bond donors (Lipinski definition) is 2. The molecule has 2 amide bonds. The van der Waals surface area contributed by atoms with Crippen molar-refractivity contribution in [1.29, 1.82) is 0 Å². The second kappa shape index (κ2) is 7.69. The molecule has 2 aliphatic rings. The lowest BCUT2D eigenvalue weighted by atomic mass is 9.62. The number of aryl methyl sites for hydroxylation is 1. The van der Waals surface area contributed by atoms with Crippen LogP contribution in [0.2, 0.25) is 0 Å². The summed E-state index contributed by atoms with van der Waals surface area (Å²) in [4.78, 5) is 23.8. The Hall–Kier alpha value is -2.73. The fourth-order valence-corrected chi connectivity index (χ4v) is 5.33. The fraction of sp³-hybridized carbons (Fsp3) is 0.385. The minimum Gasteiger partial charge on any atom is -0.507 e. The topological polar surface area (TPSA) is 75.6 Å². The molecule has 4 rings (SSSR count). The normalized spacial score (nSPS) is 20.2. The van der Waals surface area contributed by atoms with Gasteiger partial charge in [0.15, 0.2) is 0 Å². The van der Waals surface area contributed by atoms with E-state index in [2.05, 4.69) is 52.1 Å². The Labute approximate surface area is 193 Å². The third-order valence-corrected chi connectivity index (χ3v) is 7.58. The van der Waals surface area contributed by atoms with Crippen molar-refractivity contribution in [2.24, 2.45) is 0 Å². The molecule has 0 aromatic heterocycles. The number of phenolic OH excluding ortho intramolecular Hbond substituents is 1. The minimum atomic E-state index is -0.453. The van der Waals surface area contributed by atoms with Crippen LogP contribution in [-0.2, 0) is 15.6 Å². The Kier molecular flexibility index (Phi) is 5.40. The second-order valence-electron chi connectivity index (χ2n) is 9.94. The number of fused-ring (bicyclic) bond motifs is 1. The van der Waals surface area contributed by atoms with Crippen LogP contribution >= 0.6 is 11.8 Å². The van der Waals surface area contributed by atoms with E-state index in [4.69, 9.17) is 4.74 Å². The molecule has 168 valence electrons. The molecular formula is C26H29NO4S. The predicted octanol–water partition coefficient (Wildman–Crippen LogP) is 6.05. The summed E-state index contributed by atoms with van der Waals surface area (Å²) in [6.45, 7) is 11.3. The SMILES string of the molecule is COc1cc(O)c(C=C2SC(=O)NC2=O)cc1-c1cc2c(cc1C)C(C)(C)CCC2(C)C. The molecule has 1 heterocycles. The molecule has 6 heteroatoms. The van der Waals surface area contributed by atoms with Crippen molar-refractivity contribution in [3.63, 3.8) is 0 Å². The average molecular weight is 452 g/mol. The first kappa shape index (κ1) is 22.5. The van der Waals surface area contributed by atoms with Crippen LogP contribution in [0.3, 0.4) is 0 Å². The number of hydrogen-bond acceptors (Lipinski definition) is 5. The molecule has 2 aromatic rings. The monoisotopic (exact) mass is 451 g/mol. The molecular weight excluding hydrogens is 422 g/mol. The van der Waals surface area contributed by atoms with E-state index in [1.807, 2.05) is 6.07 Å². The lowest BCUT2D eigenvalue weighted by Gasteiger charge is -2.42. The third kappa shape index (κ3) is 3.81. The number of thioether (sulfide) groups is 1. The zero-order chi connectivity index (χ0) is 23.4. The molecule has 0 saturated carbocycles. The van der Waals surface area contributed by atoms with E-state index in [0.29, 0.717) is 11.3 Å². The van der Waals surface area contributed by atoms with E-state index in [-0.39, 0.29) is 21.5 Å². The van der Waals surface area contributed by atoms with Gasteiger partial charge in [-0.2, -0.15) is 0 Å². The predicted molar refractivity (Wildman–Crippen MR) is 129 cm³/mol. The van der Waals surface area contributed by atoms with Gasteiger partial charge in [0.2, 0.25) is 0 Å². The number of carbonyl (C=O) groups excluding carboxylic acids is 2. The molecule has 0 radical (unpaired) electrons. The summed E-state index contributed by atoms with van der Waals surface area (Å²) in [6, 6.07) is 7.94. The van der Waals surface area contributed by atoms with Crippen molar-refractivity contribution < 1.29 is 19.4 Å². The molecule has 32 heavy (non-hydrogen) atoms. The van der Waals surface area contributed by atoms with E-state index in [0.717, 1.165) is 41.3 Å². The highest BCUT2D eigenvalue weighted by Gasteiger charge is 2.37. The van der Waals surface area contributed by atoms with Crippen molar-refractivity contribution in [2.45, 2.75) is 58.3 Å². The average Bonchev–Trinajstić information content (AvgIpc) is 3.03. The number of amides is 2. The van der Waals surface area contributed by atoms with Gasteiger partial charge in [-0.15, -0.1) is 0 Å². The van der Waals surface area contributed by atoms with Crippen molar-refractivity contribution in [3.8, 4) is 22.6 Å². The summed E-state index contributed by atoms with van der Waals surface area (Å²) in [6.07, 6.45) is 3.80. The maximum absolute atomic E-state index is 12.0. The van der Waals surface area contributed by atoms with Gasteiger partial charge in [0, 0.05) is 17.2 Å². The lowest BCUT2D eigenvalue weighted by molar-refractivity contribution is -0.115. The highest BCUT2D eigenvalue weighted by Crippen LogP contribution is 2.49. The van der Waals surface area contributed by atoms with Crippen molar-refractivity contribution in [3.05, 3.63) is 51.4 Å². The van der Waals surface area contributed by atoms with Gasteiger partial charge in [-0.3, -0.25) is 14.9 Å². The standard InChI is InChI=1S/C26H29NO4S/c1-14-9-18-19(26(4,5)8-7-25(18,2)3)12-16(14)17-10-15(20(28)13-21(17)31-6)11-22-23(29)27-24(30)32-22/h9-13,28H,7-8H2,1-6H3,(H,27,29,30). The van der Waals surface area contributed by atoms with Gasteiger partial charge in [0.1, 0.15) is 11.5 Å². The number of ether oxygens (including phenoxy) is 1. The third-order valence-electron chi connectivity index (χ3n) is 6.77. The van der Waals surface area contributed by atoms with Crippen LogP contribution < -0.4 is 10.1 Å². The van der Waals surface area contributed by atoms with Crippen LogP contribution in [-0.4, -0.2) is 23.4 Å². The molecule has 0 bridgehead atoms. The fourth-order valence-electron chi connectivity index (χ4n) is 4.66. The number of aromatic hydroxyl groups is 1. The lowest BCUT2D eigenvalue weighted by Crippen LogP contribution is -2.34. The minimum absolute atomic E-state index is 0.0112. The number of imide groups is 1. The number of nitrogens with one attached hydrogen (secondary N) is 1. The van der Waals surface area contributed by atoms with Gasteiger partial charge >= 0.3 is 0 Å². The largest absolute Gasteiger partial charge is 0.507 e. The van der Waals surface area contributed by atoms with Crippen molar-refractivity contribution in [2.75, 3.05) is 7.11 Å². The van der Waals surface area contributed by atoms with Gasteiger partial charge in [0.25, 0.3) is 11.1 Å². The van der Waals surface area contributed by atoms with E-state index in [1.54, 1.807) is 19.3 Å². The molecule has 1 fully saturated rings. The summed E-state index contributed by atoms with van der Waals surface area (Å²) in [5, 5.41) is 12.4. The molecule has 1 aliphatic heterocycles. The second-order valence-corrected chi connectivity index (χ2v) is 11.0. The van der Waals surface area contributed by atoms with Gasteiger partial charge in [-0.05, 0) is 82.8 Å². The van der Waals surface area contributed by atoms with Crippen LogP contribution in [0.4, 0.5) is 4.79 Å². The van der Waals surface area contributed by atoms with Gasteiger partial charge < -0.3 is 9.84 Å². The molecule has 1 saturated heterocycles. The summed E-state index contributed by atoms with van der Waals surface area (Å²) in [5.41, 5.74) is 6.35. The van der Waals surface area contributed by atoms with Crippen LogP contribution in [0.25, 0.3) is 17.2 Å². The first-order valence-electron chi connectivity index (χ1n) is 10.7. The molecule has 2 aromatic carbocycles. The van der Waals surface area contributed by atoms with Crippen molar-refractivity contribution in [1.82, 2.24) is 5.32 Å². The number of carbonyl (C=O) groups is 2. The Morgan fingerprint density at radius 3 is 2.19 bits per heavy atom. The Bertz CT molecular complexity index is 1180. The first-order chi connectivity index (χ1) is 14.9. The molecule has 1 aliphatic carbocycles. The van der Waals surface area contributed by atoms with E-state index >= 15 is 0 Å². The maximum Gasteiger partial charge on any atom is 0.290 e. The molecule has 0 unspecified atom stereocenters. The van der Waals surface area contributed by atoms with Gasteiger partial charge in [-0.25, -0.2) is 0 Å². The number of benzene rings is 2. The summed E-state index contributed by atoms with van der Waals surface area (Å²) < 4.78 is 5.62. The summed E-state index contributed by atoms with van der Waals surface area (Å²) in [7, 11) is 1.58. The quantitative estimate of drug-likeness (QED) is 0.556. The number of rotatable bonds is 3. The molecule has 2 N–H and O–H groups in total. The van der Waals surface area contributed by atoms with Gasteiger partial charge in [-0.1, -0.05) is 33.8 Å². The Morgan fingerprint density at radius 1 is 1.00 bits per heavy atom. The van der Waals surface area contributed by atoms with Crippen molar-refractivity contribution >= 4 is 29.0 Å². The molecule has 0 atom stereocenters. The highest BCUT2D eigenvalue weighted by molar-refractivity contribution is 8.18. The summed E-state index contributed by atoms with van der Waals surface area (Å²) in [5.74, 6) is 0.0915.